The van der Waals surface area contributed by atoms with Gasteiger partial charge in [0.2, 0.25) is 16.0 Å². The molecule has 0 bridgehead atoms. The number of alkyl halides is 4. The molecule has 1 saturated carbocycles. The standard InChI is InChI=1S/C24H31F4N5O3S/c1-37(35,36)33-4-2-18(3-5-33)30-22-29-10-16-6-15(21(25)26)7-19(20(16)31-22)17-8-23(9-17)11-32(12-23)13-24(27,28)14-34/h6-7,10,17-18,21,34H,2-5,8-9,11-14H2,1H3,(H,29,30,31). The van der Waals surface area contributed by atoms with Crippen molar-refractivity contribution in [1.29, 1.82) is 0 Å². The van der Waals surface area contributed by atoms with Crippen molar-refractivity contribution in [2.75, 3.05) is 50.9 Å². The van der Waals surface area contributed by atoms with Gasteiger partial charge >= 0.3 is 0 Å². The highest BCUT2D eigenvalue weighted by Gasteiger charge is 2.54. The largest absolute Gasteiger partial charge is 0.390 e. The zero-order valence-corrected chi connectivity index (χ0v) is 21.3. The van der Waals surface area contributed by atoms with Gasteiger partial charge in [-0.2, -0.15) is 0 Å². The van der Waals surface area contributed by atoms with Crippen LogP contribution in [0.1, 0.15) is 49.2 Å². The molecule has 1 aliphatic carbocycles. The Kier molecular flexibility index (Phi) is 6.87. The monoisotopic (exact) mass is 545 g/mol. The van der Waals surface area contributed by atoms with E-state index in [0.29, 0.717) is 68.7 Å². The van der Waals surface area contributed by atoms with Crippen molar-refractivity contribution < 1.29 is 31.1 Å². The predicted octanol–water partition coefficient (Wildman–Crippen LogP) is 3.21. The number of sulfonamides is 1. The molecule has 2 aliphatic heterocycles. The number of anilines is 1. The van der Waals surface area contributed by atoms with E-state index in [4.69, 9.17) is 5.11 Å². The molecule has 1 aromatic heterocycles. The molecule has 0 amide bonds. The maximum Gasteiger partial charge on any atom is 0.283 e. The number of nitrogens with one attached hydrogen (secondary N) is 1. The van der Waals surface area contributed by atoms with Gasteiger partial charge in [0.05, 0.1) is 18.3 Å². The third-order valence-electron chi connectivity index (χ3n) is 7.85. The molecule has 0 radical (unpaired) electrons. The molecular formula is C24H31F4N5O3S. The van der Waals surface area contributed by atoms with Crippen LogP contribution in [-0.2, 0) is 10.0 Å². The Hall–Kier alpha value is -2.09. The molecule has 37 heavy (non-hydrogen) atoms. The fraction of sp³-hybridized carbons (Fsp3) is 0.667. The van der Waals surface area contributed by atoms with Crippen LogP contribution in [-0.4, -0.2) is 90.2 Å². The van der Waals surface area contributed by atoms with Crippen molar-refractivity contribution in [1.82, 2.24) is 19.2 Å². The molecule has 2 N–H and O–H groups in total. The third-order valence-corrected chi connectivity index (χ3v) is 9.15. The number of benzene rings is 1. The van der Waals surface area contributed by atoms with Gasteiger partial charge in [-0.3, -0.25) is 4.90 Å². The molecule has 2 saturated heterocycles. The van der Waals surface area contributed by atoms with E-state index in [1.54, 1.807) is 4.90 Å². The van der Waals surface area contributed by atoms with Crippen LogP contribution in [0.15, 0.2) is 18.3 Å². The molecule has 1 aromatic carbocycles. The highest BCUT2D eigenvalue weighted by molar-refractivity contribution is 7.88. The van der Waals surface area contributed by atoms with Crippen LogP contribution in [0.4, 0.5) is 23.5 Å². The fourth-order valence-corrected chi connectivity index (χ4v) is 6.95. The maximum atomic E-state index is 13.6. The Morgan fingerprint density at radius 2 is 1.89 bits per heavy atom. The van der Waals surface area contributed by atoms with E-state index in [-0.39, 0.29) is 22.9 Å². The molecule has 5 rings (SSSR count). The van der Waals surface area contributed by atoms with Crippen molar-refractivity contribution >= 4 is 26.9 Å². The molecule has 0 atom stereocenters. The molecule has 1 spiro atoms. The van der Waals surface area contributed by atoms with Crippen LogP contribution in [0.3, 0.4) is 0 Å². The van der Waals surface area contributed by atoms with Crippen molar-refractivity contribution in [2.24, 2.45) is 5.41 Å². The molecule has 13 heteroatoms. The van der Waals surface area contributed by atoms with Crippen molar-refractivity contribution in [2.45, 2.75) is 50.0 Å². The van der Waals surface area contributed by atoms with Gasteiger partial charge in [0, 0.05) is 49.4 Å². The number of nitrogens with zero attached hydrogens (tertiary/aromatic N) is 4. The number of halogens is 4. The molecular weight excluding hydrogens is 514 g/mol. The van der Waals surface area contributed by atoms with Crippen LogP contribution >= 0.6 is 0 Å². The van der Waals surface area contributed by atoms with Gasteiger partial charge in [0.1, 0.15) is 6.61 Å². The van der Waals surface area contributed by atoms with Crippen LogP contribution in [0.25, 0.3) is 10.9 Å². The summed E-state index contributed by atoms with van der Waals surface area (Å²) in [6, 6.07) is 2.89. The lowest BCUT2D eigenvalue weighted by Crippen LogP contribution is -2.63. The Labute approximate surface area is 213 Å². The van der Waals surface area contributed by atoms with E-state index >= 15 is 0 Å². The molecule has 2 aromatic rings. The lowest BCUT2D eigenvalue weighted by atomic mass is 9.56. The van der Waals surface area contributed by atoms with E-state index in [1.807, 2.05) is 0 Å². The van der Waals surface area contributed by atoms with Gasteiger partial charge in [-0.05, 0) is 54.7 Å². The van der Waals surface area contributed by atoms with Crippen LogP contribution in [0.2, 0.25) is 0 Å². The van der Waals surface area contributed by atoms with E-state index in [9.17, 15) is 26.0 Å². The topological polar surface area (TPSA) is 98.7 Å². The van der Waals surface area contributed by atoms with E-state index in [1.165, 1.54) is 28.9 Å². The van der Waals surface area contributed by atoms with Gasteiger partial charge in [0.15, 0.2) is 0 Å². The number of fused-ring (bicyclic) bond motifs is 1. The van der Waals surface area contributed by atoms with E-state index in [0.717, 1.165) is 5.56 Å². The first kappa shape index (κ1) is 26.5. The SMILES string of the molecule is CS(=O)(=O)N1CCC(Nc2ncc3cc(C(F)F)cc(C4CC5(C4)CN(CC(F)(F)CO)C5)c3n2)CC1. The Bertz CT molecular complexity index is 1260. The lowest BCUT2D eigenvalue weighted by Gasteiger charge is -2.60. The second-order valence-electron chi connectivity index (χ2n) is 10.9. The summed E-state index contributed by atoms with van der Waals surface area (Å²) in [6.45, 7) is 0.138. The van der Waals surface area contributed by atoms with Crippen molar-refractivity contribution in [3.05, 3.63) is 29.5 Å². The Balaban J connectivity index is 1.30. The van der Waals surface area contributed by atoms with Gasteiger partial charge in [-0.25, -0.2) is 40.3 Å². The molecule has 204 valence electrons. The van der Waals surface area contributed by atoms with Crippen LogP contribution < -0.4 is 5.32 Å². The number of piperidine rings is 1. The summed E-state index contributed by atoms with van der Waals surface area (Å²) in [5.41, 5.74) is 1.11. The average molecular weight is 546 g/mol. The second kappa shape index (κ2) is 9.58. The zero-order valence-electron chi connectivity index (χ0n) is 20.5. The number of aliphatic hydroxyl groups is 1. The Morgan fingerprint density at radius 3 is 2.49 bits per heavy atom. The normalized spacial score (nSPS) is 21.9. The quantitative estimate of drug-likeness (QED) is 0.492. The number of rotatable bonds is 8. The maximum absolute atomic E-state index is 13.6. The minimum absolute atomic E-state index is 0.00998. The highest BCUT2D eigenvalue weighted by atomic mass is 32.2. The Morgan fingerprint density at radius 1 is 1.22 bits per heavy atom. The summed E-state index contributed by atoms with van der Waals surface area (Å²) in [7, 11) is -3.23. The number of hydrogen-bond acceptors (Lipinski definition) is 7. The van der Waals surface area contributed by atoms with Crippen LogP contribution in [0.5, 0.6) is 0 Å². The molecule has 3 heterocycles. The van der Waals surface area contributed by atoms with E-state index in [2.05, 4.69) is 15.3 Å². The summed E-state index contributed by atoms with van der Waals surface area (Å²) in [4.78, 5) is 10.6. The zero-order chi connectivity index (χ0) is 26.6. The summed E-state index contributed by atoms with van der Waals surface area (Å²) >= 11 is 0. The minimum atomic E-state index is -3.23. The lowest BCUT2D eigenvalue weighted by molar-refractivity contribution is -0.136. The smallest absolute Gasteiger partial charge is 0.283 e. The molecule has 3 aliphatic rings. The van der Waals surface area contributed by atoms with Crippen LogP contribution in [0, 0.1) is 5.41 Å². The predicted molar refractivity (Wildman–Crippen MR) is 130 cm³/mol. The van der Waals surface area contributed by atoms with Crippen molar-refractivity contribution in [3.63, 3.8) is 0 Å². The first-order valence-corrected chi connectivity index (χ1v) is 14.2. The van der Waals surface area contributed by atoms with Gasteiger partial charge in [-0.15, -0.1) is 0 Å². The molecule has 8 nitrogen and oxygen atoms in total. The van der Waals surface area contributed by atoms with Crippen molar-refractivity contribution in [3.8, 4) is 0 Å². The number of aliphatic hydroxyl groups excluding tert-OH is 1. The van der Waals surface area contributed by atoms with E-state index < -0.39 is 35.5 Å². The van der Waals surface area contributed by atoms with Gasteiger partial charge in [0.25, 0.3) is 12.3 Å². The summed E-state index contributed by atoms with van der Waals surface area (Å²) in [5.74, 6) is -2.78. The fourth-order valence-electron chi connectivity index (χ4n) is 6.07. The average Bonchev–Trinajstić information content (AvgIpc) is 2.79. The number of likely N-dealkylation sites (tertiary alicyclic amines) is 1. The summed E-state index contributed by atoms with van der Waals surface area (Å²) in [6.07, 6.45) is 2.68. The summed E-state index contributed by atoms with van der Waals surface area (Å²) < 4.78 is 79.2. The minimum Gasteiger partial charge on any atom is -0.390 e. The number of aromatic nitrogens is 2. The first-order chi connectivity index (χ1) is 17.4. The van der Waals surface area contributed by atoms with Gasteiger partial charge in [-0.1, -0.05) is 0 Å². The summed E-state index contributed by atoms with van der Waals surface area (Å²) in [5, 5.41) is 12.6. The highest BCUT2D eigenvalue weighted by Crippen LogP contribution is 2.57. The van der Waals surface area contributed by atoms with Gasteiger partial charge < -0.3 is 10.4 Å². The molecule has 0 unspecified atom stereocenters. The number of hydrogen-bond donors (Lipinski definition) is 2. The molecule has 3 fully saturated rings. The first-order valence-electron chi connectivity index (χ1n) is 12.4. The third kappa shape index (κ3) is 5.55. The second-order valence-corrected chi connectivity index (χ2v) is 12.9.